The van der Waals surface area contributed by atoms with E-state index in [1.54, 1.807) is 58.2 Å². The molecule has 3 amide bonds. The van der Waals surface area contributed by atoms with Crippen LogP contribution in [0.2, 0.25) is 0 Å². The molecule has 0 saturated heterocycles. The van der Waals surface area contributed by atoms with Crippen LogP contribution in [0.15, 0.2) is 104 Å². The fourth-order valence-electron chi connectivity index (χ4n) is 5.34. The lowest BCUT2D eigenvalue weighted by Crippen LogP contribution is -2.60. The van der Waals surface area contributed by atoms with Gasteiger partial charge in [0, 0.05) is 18.8 Å². The van der Waals surface area contributed by atoms with E-state index in [-0.39, 0.29) is 32.1 Å². The highest BCUT2D eigenvalue weighted by Gasteiger charge is 2.51. The Morgan fingerprint density at radius 3 is 1.96 bits per heavy atom. The number of hydrogen-bond donors (Lipinski definition) is 3. The van der Waals surface area contributed by atoms with Gasteiger partial charge >= 0.3 is 5.92 Å². The molecule has 3 N–H and O–H groups in total. The second-order valence-electron chi connectivity index (χ2n) is 13.5. The number of imidazole rings is 1. The first kappa shape index (κ1) is 40.3. The zero-order valence-corrected chi connectivity index (χ0v) is 30.3. The molecule has 11 nitrogen and oxygen atoms in total. The summed E-state index contributed by atoms with van der Waals surface area (Å²) in [4.78, 5) is 57.1. The lowest BCUT2D eigenvalue weighted by molar-refractivity contribution is -0.161. The van der Waals surface area contributed by atoms with E-state index in [1.165, 1.54) is 17.1 Å². The van der Waals surface area contributed by atoms with Crippen molar-refractivity contribution in [3.05, 3.63) is 120 Å². The molecule has 1 aromatic heterocycles. The van der Waals surface area contributed by atoms with Crippen molar-refractivity contribution in [2.75, 3.05) is 6.61 Å². The Balaban J connectivity index is 1.50. The van der Waals surface area contributed by atoms with Gasteiger partial charge < -0.3 is 30.0 Å². The van der Waals surface area contributed by atoms with Gasteiger partial charge in [-0.15, -0.1) is 0 Å². The van der Waals surface area contributed by atoms with E-state index in [1.807, 2.05) is 60.7 Å². The number of halogens is 2. The van der Waals surface area contributed by atoms with Crippen LogP contribution in [0.4, 0.5) is 8.78 Å². The highest BCUT2D eigenvalue weighted by molar-refractivity contribution is 6.10. The summed E-state index contributed by atoms with van der Waals surface area (Å²) in [5.41, 5.74) is 2.24. The Kier molecular flexibility index (Phi) is 14.8. The molecule has 0 fully saturated rings. The number of aromatic nitrogens is 2. The summed E-state index contributed by atoms with van der Waals surface area (Å²) in [5, 5.41) is 7.33. The van der Waals surface area contributed by atoms with E-state index in [2.05, 4.69) is 20.9 Å². The van der Waals surface area contributed by atoms with Crippen LogP contribution in [0.5, 0.6) is 5.75 Å². The third-order valence-electron chi connectivity index (χ3n) is 8.52. The molecule has 4 aromatic rings. The minimum absolute atomic E-state index is 0.0731. The van der Waals surface area contributed by atoms with Crippen molar-refractivity contribution >= 4 is 23.5 Å². The number of ketones is 1. The van der Waals surface area contributed by atoms with Gasteiger partial charge in [-0.1, -0.05) is 100 Å². The van der Waals surface area contributed by atoms with E-state index in [4.69, 9.17) is 9.47 Å². The number of alkyl halides is 2. The number of amides is 3. The van der Waals surface area contributed by atoms with Gasteiger partial charge in [0.15, 0.2) is 0 Å². The molecule has 1 heterocycles. The molecule has 3 atom stereocenters. The van der Waals surface area contributed by atoms with Crippen LogP contribution in [0.1, 0.15) is 44.4 Å². The molecule has 3 aromatic carbocycles. The minimum atomic E-state index is -4.53. The summed E-state index contributed by atoms with van der Waals surface area (Å²) >= 11 is 0. The fraction of sp³-hybridized carbons (Fsp3) is 0.375. The predicted molar refractivity (Wildman–Crippen MR) is 195 cm³/mol. The van der Waals surface area contributed by atoms with Crippen molar-refractivity contribution in [3.63, 3.8) is 0 Å². The van der Waals surface area contributed by atoms with Crippen LogP contribution in [-0.2, 0) is 50.1 Å². The van der Waals surface area contributed by atoms with Crippen LogP contribution >= 0.6 is 0 Å². The number of carbonyl (C=O) groups excluding carboxylic acids is 4. The predicted octanol–water partition coefficient (Wildman–Crippen LogP) is 4.89. The number of benzene rings is 3. The van der Waals surface area contributed by atoms with Crippen molar-refractivity contribution in [2.24, 2.45) is 11.8 Å². The van der Waals surface area contributed by atoms with Crippen LogP contribution < -0.4 is 20.7 Å². The van der Waals surface area contributed by atoms with Crippen molar-refractivity contribution < 1.29 is 37.4 Å². The van der Waals surface area contributed by atoms with E-state index in [0.29, 0.717) is 17.9 Å². The molecule has 0 radical (unpaired) electrons. The van der Waals surface area contributed by atoms with Gasteiger partial charge in [-0.05, 0) is 40.7 Å². The molecule has 0 aliphatic heterocycles. The topological polar surface area (TPSA) is 141 Å². The molecular formula is C40H47F2N5O6. The van der Waals surface area contributed by atoms with E-state index < -0.39 is 53.5 Å². The first-order valence-corrected chi connectivity index (χ1v) is 17.5. The van der Waals surface area contributed by atoms with Gasteiger partial charge in [0.2, 0.25) is 17.6 Å². The molecule has 0 aliphatic carbocycles. The van der Waals surface area contributed by atoms with Crippen LogP contribution in [0.25, 0.3) is 0 Å². The fourth-order valence-corrected chi connectivity index (χ4v) is 5.34. The van der Waals surface area contributed by atoms with Crippen LogP contribution in [0, 0.1) is 11.8 Å². The highest BCUT2D eigenvalue weighted by atomic mass is 19.3. The number of carbonyl (C=O) groups is 4. The molecule has 0 aliphatic rings. The Morgan fingerprint density at radius 2 is 1.40 bits per heavy atom. The van der Waals surface area contributed by atoms with Crippen molar-refractivity contribution in [1.29, 1.82) is 0 Å². The summed E-state index contributed by atoms with van der Waals surface area (Å²) in [6, 6.07) is 21.3. The van der Waals surface area contributed by atoms with Crippen molar-refractivity contribution in [3.8, 4) is 5.75 Å². The first-order chi connectivity index (χ1) is 25.3. The highest BCUT2D eigenvalue weighted by Crippen LogP contribution is 2.22. The maximum atomic E-state index is 15.9. The number of nitrogens with zero attached hydrogens (tertiary/aromatic N) is 2. The molecule has 3 unspecified atom stereocenters. The molecule has 13 heteroatoms. The number of ether oxygens (including phenoxy) is 2. The summed E-state index contributed by atoms with van der Waals surface area (Å²) in [7, 11) is 0. The third kappa shape index (κ3) is 12.3. The largest absolute Gasteiger partial charge is 0.489 e. The Bertz CT molecular complexity index is 1750. The zero-order valence-electron chi connectivity index (χ0n) is 30.3. The standard InChI is InChI=1S/C40H47F2N5O6/c1-27(2)34(25-52-23-30-11-7-5-8-12-30)45-39(51)40(41,42)37(49)33(21-29-15-17-32(18-16-29)53-24-31-13-9-6-10-14-31)44-38(50)36(28(3)4)46-35(48)22-47-20-19-43-26-47/h5-20,26-28,33-34,36H,21-25H2,1-4H3,(H,44,50)(H,45,51)(H,46,48). The van der Waals surface area contributed by atoms with E-state index >= 15 is 8.78 Å². The molecule has 282 valence electrons. The smallest absolute Gasteiger partial charge is 0.383 e. The summed E-state index contributed by atoms with van der Waals surface area (Å²) < 4.78 is 44.8. The normalized spacial score (nSPS) is 13.2. The second-order valence-corrected chi connectivity index (χ2v) is 13.5. The number of Topliss-reactive ketones (excluding diaryl/α,β-unsaturated/α-hetero) is 1. The molecular weight excluding hydrogens is 684 g/mol. The van der Waals surface area contributed by atoms with Crippen LogP contribution in [-0.4, -0.2) is 63.7 Å². The van der Waals surface area contributed by atoms with E-state index in [0.717, 1.165) is 11.1 Å². The number of nitrogens with one attached hydrogen (secondary N) is 3. The molecule has 0 bridgehead atoms. The summed E-state index contributed by atoms with van der Waals surface area (Å²) in [6.07, 6.45) is 4.13. The SMILES string of the molecule is CC(C)C(COCc1ccccc1)NC(=O)C(F)(F)C(=O)C(Cc1ccc(OCc2ccccc2)cc1)NC(=O)C(NC(=O)Cn1ccnc1)C(C)C. The second kappa shape index (κ2) is 19.4. The Hall–Kier alpha value is -5.43. The van der Waals surface area contributed by atoms with Gasteiger partial charge in [0.1, 0.15) is 24.9 Å². The average Bonchev–Trinajstić information content (AvgIpc) is 3.66. The Morgan fingerprint density at radius 1 is 0.774 bits per heavy atom. The maximum Gasteiger partial charge on any atom is 0.383 e. The molecule has 0 saturated carbocycles. The monoisotopic (exact) mass is 731 g/mol. The van der Waals surface area contributed by atoms with E-state index in [9.17, 15) is 19.2 Å². The number of hydrogen-bond acceptors (Lipinski definition) is 7. The zero-order chi connectivity index (χ0) is 38.4. The van der Waals surface area contributed by atoms with Gasteiger partial charge in [0.25, 0.3) is 5.91 Å². The minimum Gasteiger partial charge on any atom is -0.489 e. The van der Waals surface area contributed by atoms with Gasteiger partial charge in [-0.2, -0.15) is 8.78 Å². The van der Waals surface area contributed by atoms with Crippen molar-refractivity contribution in [2.45, 2.75) is 77.9 Å². The van der Waals surface area contributed by atoms with Crippen LogP contribution in [0.3, 0.4) is 0 Å². The first-order valence-electron chi connectivity index (χ1n) is 17.5. The Labute approximate surface area is 308 Å². The molecule has 4 rings (SSSR count). The number of rotatable bonds is 20. The summed E-state index contributed by atoms with van der Waals surface area (Å²) in [6.45, 7) is 7.10. The lowest BCUT2D eigenvalue weighted by Gasteiger charge is -2.28. The van der Waals surface area contributed by atoms with Gasteiger partial charge in [-0.25, -0.2) is 4.98 Å². The van der Waals surface area contributed by atoms with Gasteiger partial charge in [0.05, 0.1) is 31.6 Å². The molecule has 53 heavy (non-hydrogen) atoms. The van der Waals surface area contributed by atoms with Crippen molar-refractivity contribution in [1.82, 2.24) is 25.5 Å². The average molecular weight is 732 g/mol. The molecule has 0 spiro atoms. The quantitative estimate of drug-likeness (QED) is 0.110. The summed E-state index contributed by atoms with van der Waals surface area (Å²) in [5.74, 6) is -9.79. The van der Waals surface area contributed by atoms with Gasteiger partial charge in [-0.3, -0.25) is 19.2 Å². The maximum absolute atomic E-state index is 15.9. The third-order valence-corrected chi connectivity index (χ3v) is 8.52. The lowest BCUT2D eigenvalue weighted by atomic mass is 9.96.